The molecule has 0 fully saturated rings. The molecule has 0 spiro atoms. The number of thiophene rings is 1. The van der Waals surface area contributed by atoms with E-state index in [0.29, 0.717) is 11.4 Å². The highest BCUT2D eigenvalue weighted by Gasteiger charge is 1.97. The van der Waals surface area contributed by atoms with Crippen molar-refractivity contribution in [2.24, 2.45) is 5.73 Å². The van der Waals surface area contributed by atoms with Crippen LogP contribution in [-0.2, 0) is 6.42 Å². The van der Waals surface area contributed by atoms with Gasteiger partial charge in [-0.3, -0.25) is 0 Å². The van der Waals surface area contributed by atoms with Crippen molar-refractivity contribution in [1.29, 1.82) is 0 Å². The molecule has 4 heteroatoms. The molecule has 1 heterocycles. The summed E-state index contributed by atoms with van der Waals surface area (Å²) >= 11 is 9.76. The zero-order chi connectivity index (χ0) is 7.56. The third-order valence-electron chi connectivity index (χ3n) is 1.00. The van der Waals surface area contributed by atoms with E-state index in [1.807, 2.05) is 11.4 Å². The second-order valence-corrected chi connectivity index (χ2v) is 4.72. The average molecular weight is 236 g/mol. The first-order chi connectivity index (χ1) is 4.68. The maximum atomic E-state index is 5.35. The van der Waals surface area contributed by atoms with E-state index in [2.05, 4.69) is 15.9 Å². The van der Waals surface area contributed by atoms with Crippen molar-refractivity contribution < 1.29 is 0 Å². The van der Waals surface area contributed by atoms with Crippen LogP contribution in [0.3, 0.4) is 0 Å². The molecule has 0 aliphatic rings. The Morgan fingerprint density at radius 1 is 1.80 bits per heavy atom. The summed E-state index contributed by atoms with van der Waals surface area (Å²) < 4.78 is 1.12. The first kappa shape index (κ1) is 8.17. The number of thiocarbonyl (C=S) groups is 1. The van der Waals surface area contributed by atoms with Crippen molar-refractivity contribution in [3.8, 4) is 0 Å². The van der Waals surface area contributed by atoms with Gasteiger partial charge >= 0.3 is 0 Å². The second-order valence-electron chi connectivity index (χ2n) is 1.90. The fourth-order valence-electron chi connectivity index (χ4n) is 0.640. The van der Waals surface area contributed by atoms with Crippen LogP contribution >= 0.6 is 39.5 Å². The van der Waals surface area contributed by atoms with E-state index in [1.54, 1.807) is 11.3 Å². The highest BCUT2D eigenvalue weighted by Crippen LogP contribution is 2.20. The molecule has 0 aromatic carbocycles. The van der Waals surface area contributed by atoms with Gasteiger partial charge in [0.15, 0.2) is 0 Å². The van der Waals surface area contributed by atoms with Gasteiger partial charge in [0.25, 0.3) is 0 Å². The Labute approximate surface area is 77.4 Å². The molecule has 1 aromatic rings. The molecule has 0 bridgehead atoms. The Kier molecular flexibility index (Phi) is 2.82. The van der Waals surface area contributed by atoms with Gasteiger partial charge < -0.3 is 5.73 Å². The molecule has 1 rings (SSSR count). The van der Waals surface area contributed by atoms with Gasteiger partial charge in [-0.1, -0.05) is 12.2 Å². The second kappa shape index (κ2) is 3.46. The van der Waals surface area contributed by atoms with Crippen molar-refractivity contribution in [2.45, 2.75) is 6.42 Å². The summed E-state index contributed by atoms with van der Waals surface area (Å²) in [7, 11) is 0. The van der Waals surface area contributed by atoms with Gasteiger partial charge in [-0.25, -0.2) is 0 Å². The molecule has 2 N–H and O–H groups in total. The summed E-state index contributed by atoms with van der Waals surface area (Å²) in [6, 6.07) is 2.03. The van der Waals surface area contributed by atoms with Crippen LogP contribution in [0.2, 0.25) is 0 Å². The zero-order valence-electron chi connectivity index (χ0n) is 5.13. The minimum Gasteiger partial charge on any atom is -0.393 e. The number of hydrogen-bond donors (Lipinski definition) is 1. The quantitative estimate of drug-likeness (QED) is 0.797. The van der Waals surface area contributed by atoms with E-state index < -0.39 is 0 Å². The lowest BCUT2D eigenvalue weighted by Crippen LogP contribution is -2.10. The van der Waals surface area contributed by atoms with Crippen LogP contribution in [0, 0.1) is 0 Å². The Morgan fingerprint density at radius 3 is 2.90 bits per heavy atom. The molecule has 0 aliphatic heterocycles. The maximum absolute atomic E-state index is 5.35. The first-order valence-electron chi connectivity index (χ1n) is 2.69. The number of hydrogen-bond acceptors (Lipinski definition) is 2. The number of halogens is 1. The molecule has 10 heavy (non-hydrogen) atoms. The third-order valence-corrected chi connectivity index (χ3v) is 2.70. The Balaban J connectivity index is 2.67. The lowest BCUT2D eigenvalue weighted by atomic mass is 10.2. The minimum absolute atomic E-state index is 0.547. The van der Waals surface area contributed by atoms with Crippen LogP contribution in [0.4, 0.5) is 0 Å². The van der Waals surface area contributed by atoms with Gasteiger partial charge in [0, 0.05) is 6.42 Å². The molecule has 1 aromatic heterocycles. The summed E-state index contributed by atoms with van der Waals surface area (Å²) in [4.78, 5) is 0.547. The Hall–Kier alpha value is 0.0700. The summed E-state index contributed by atoms with van der Waals surface area (Å²) in [5.74, 6) is 0. The van der Waals surface area contributed by atoms with Crippen molar-refractivity contribution in [3.63, 3.8) is 0 Å². The van der Waals surface area contributed by atoms with Crippen LogP contribution < -0.4 is 5.73 Å². The van der Waals surface area contributed by atoms with E-state index >= 15 is 0 Å². The summed E-state index contributed by atoms with van der Waals surface area (Å²) in [6.07, 6.45) is 0.706. The monoisotopic (exact) mass is 235 g/mol. The predicted octanol–water partition coefficient (Wildman–Crippen LogP) is 2.34. The van der Waals surface area contributed by atoms with Crippen molar-refractivity contribution in [1.82, 2.24) is 0 Å². The zero-order valence-corrected chi connectivity index (χ0v) is 8.35. The van der Waals surface area contributed by atoms with Gasteiger partial charge in [-0.05, 0) is 32.9 Å². The summed E-state index contributed by atoms with van der Waals surface area (Å²) in [5.41, 5.74) is 6.54. The largest absolute Gasteiger partial charge is 0.393 e. The molecule has 0 unspecified atom stereocenters. The molecular weight excluding hydrogens is 230 g/mol. The van der Waals surface area contributed by atoms with Crippen LogP contribution in [0.15, 0.2) is 15.2 Å². The van der Waals surface area contributed by atoms with Crippen molar-refractivity contribution in [3.05, 3.63) is 20.8 Å². The lowest BCUT2D eigenvalue weighted by Gasteiger charge is -1.90. The fourth-order valence-corrected chi connectivity index (χ4v) is 2.02. The minimum atomic E-state index is 0.547. The summed E-state index contributed by atoms with van der Waals surface area (Å²) in [6.45, 7) is 0. The predicted molar refractivity (Wildman–Crippen MR) is 52.5 cm³/mol. The van der Waals surface area contributed by atoms with Crippen molar-refractivity contribution >= 4 is 44.5 Å². The molecule has 0 atom stereocenters. The lowest BCUT2D eigenvalue weighted by molar-refractivity contribution is 1.36. The van der Waals surface area contributed by atoms with E-state index in [0.717, 1.165) is 3.79 Å². The standard InChI is InChI=1S/C6H6BrNS2/c7-5-1-4(3-10-5)2-6(8)9/h1,3H,2H2,(H2,8,9). The molecule has 0 radical (unpaired) electrons. The van der Waals surface area contributed by atoms with E-state index in [4.69, 9.17) is 18.0 Å². The third kappa shape index (κ3) is 2.36. The molecule has 54 valence electrons. The van der Waals surface area contributed by atoms with Crippen LogP contribution in [-0.4, -0.2) is 4.99 Å². The topological polar surface area (TPSA) is 26.0 Å². The highest BCUT2D eigenvalue weighted by molar-refractivity contribution is 9.11. The smallest absolute Gasteiger partial charge is 0.0772 e. The van der Waals surface area contributed by atoms with Crippen LogP contribution in [0.1, 0.15) is 5.56 Å². The Morgan fingerprint density at radius 2 is 2.50 bits per heavy atom. The maximum Gasteiger partial charge on any atom is 0.0772 e. The number of nitrogens with two attached hydrogens (primary N) is 1. The van der Waals surface area contributed by atoms with Crippen LogP contribution in [0.5, 0.6) is 0 Å². The average Bonchev–Trinajstić information content (AvgIpc) is 2.13. The van der Waals surface area contributed by atoms with Gasteiger partial charge in [-0.2, -0.15) is 0 Å². The van der Waals surface area contributed by atoms with E-state index in [1.165, 1.54) is 5.56 Å². The van der Waals surface area contributed by atoms with Gasteiger partial charge in [-0.15, -0.1) is 11.3 Å². The Bertz CT molecular complexity index is 244. The molecule has 0 amide bonds. The van der Waals surface area contributed by atoms with Gasteiger partial charge in [0.05, 0.1) is 8.77 Å². The molecule has 0 saturated heterocycles. The van der Waals surface area contributed by atoms with Gasteiger partial charge in [0.2, 0.25) is 0 Å². The van der Waals surface area contributed by atoms with E-state index in [9.17, 15) is 0 Å². The SMILES string of the molecule is NC(=S)Cc1csc(Br)c1. The number of rotatable bonds is 2. The van der Waals surface area contributed by atoms with Gasteiger partial charge in [0.1, 0.15) is 0 Å². The fraction of sp³-hybridized carbons (Fsp3) is 0.167. The molecule has 0 aliphatic carbocycles. The molecule has 0 saturated carbocycles. The van der Waals surface area contributed by atoms with Crippen LogP contribution in [0.25, 0.3) is 0 Å². The highest BCUT2D eigenvalue weighted by atomic mass is 79.9. The first-order valence-corrected chi connectivity index (χ1v) is 4.78. The molecule has 1 nitrogen and oxygen atoms in total. The normalized spacial score (nSPS) is 9.70. The summed E-state index contributed by atoms with van der Waals surface area (Å²) in [5, 5.41) is 2.04. The molecular formula is C6H6BrNS2. The van der Waals surface area contributed by atoms with Crippen molar-refractivity contribution in [2.75, 3.05) is 0 Å². The van der Waals surface area contributed by atoms with E-state index in [-0.39, 0.29) is 0 Å².